The minimum absolute atomic E-state index is 0.298. The Balaban J connectivity index is 2.24. The summed E-state index contributed by atoms with van der Waals surface area (Å²) in [5.41, 5.74) is 1.36. The zero-order chi connectivity index (χ0) is 13.2. The van der Waals surface area contributed by atoms with Crippen molar-refractivity contribution in [3.05, 3.63) is 35.4 Å². The maximum absolute atomic E-state index is 10.5. The van der Waals surface area contributed by atoms with E-state index in [1.807, 2.05) is 17.0 Å². The first-order chi connectivity index (χ1) is 8.57. The van der Waals surface area contributed by atoms with Crippen molar-refractivity contribution in [2.75, 3.05) is 5.75 Å². The van der Waals surface area contributed by atoms with Gasteiger partial charge in [-0.3, -0.25) is 0 Å². The van der Waals surface area contributed by atoms with Gasteiger partial charge >= 0.3 is 0 Å². The predicted molar refractivity (Wildman–Crippen MR) is 80.2 cm³/mol. The molecular formula is C14H15NOS2. The molecule has 94 valence electrons. The molecule has 1 aromatic carbocycles. The second kappa shape index (κ2) is 5.31. The number of rotatable bonds is 3. The maximum atomic E-state index is 10.5. The summed E-state index contributed by atoms with van der Waals surface area (Å²) in [7, 11) is 0. The van der Waals surface area contributed by atoms with Crippen LogP contribution in [0.25, 0.3) is 0 Å². The molecule has 1 heterocycles. The van der Waals surface area contributed by atoms with Crippen LogP contribution in [0, 0.1) is 19.3 Å². The lowest BCUT2D eigenvalue weighted by molar-refractivity contribution is -0.0400. The Kier molecular flexibility index (Phi) is 3.96. The fourth-order valence-electron chi connectivity index (χ4n) is 1.98. The zero-order valence-corrected chi connectivity index (χ0v) is 11.9. The van der Waals surface area contributed by atoms with Gasteiger partial charge in [0.25, 0.3) is 0 Å². The standard InChI is InChI=1S/C14H15NOS2/c1-3-8-14(16)10-18-13(17)15(14)9-12-7-5-4-6-11(12)2/h1,4-7,16H,8-10H2,2H3. The van der Waals surface area contributed by atoms with Crippen LogP contribution in [0.5, 0.6) is 0 Å². The molecule has 4 heteroatoms. The number of thioether (sulfide) groups is 1. The highest BCUT2D eigenvalue weighted by molar-refractivity contribution is 8.23. The third-order valence-corrected chi connectivity index (χ3v) is 4.77. The molecule has 18 heavy (non-hydrogen) atoms. The smallest absolute Gasteiger partial charge is 0.159 e. The first kappa shape index (κ1) is 13.4. The van der Waals surface area contributed by atoms with Crippen LogP contribution < -0.4 is 0 Å². The Morgan fingerprint density at radius 3 is 2.94 bits per heavy atom. The summed E-state index contributed by atoms with van der Waals surface area (Å²) in [5, 5.41) is 10.5. The SMILES string of the molecule is C#CCC1(O)CSC(=S)N1Cc1ccccc1C. The van der Waals surface area contributed by atoms with Gasteiger partial charge in [-0.15, -0.1) is 12.3 Å². The van der Waals surface area contributed by atoms with E-state index in [0.717, 1.165) is 9.88 Å². The molecule has 1 atom stereocenters. The Morgan fingerprint density at radius 1 is 1.56 bits per heavy atom. The van der Waals surface area contributed by atoms with Gasteiger partial charge in [0, 0.05) is 12.3 Å². The molecule has 1 aliphatic rings. The second-order valence-corrected chi connectivity index (χ2v) is 6.04. The maximum Gasteiger partial charge on any atom is 0.159 e. The van der Waals surface area contributed by atoms with Gasteiger partial charge in [0.05, 0.1) is 6.42 Å². The van der Waals surface area contributed by atoms with Crippen LogP contribution in [0.15, 0.2) is 24.3 Å². The zero-order valence-electron chi connectivity index (χ0n) is 10.2. The van der Waals surface area contributed by atoms with E-state index in [2.05, 4.69) is 25.0 Å². The number of hydrogen-bond acceptors (Lipinski definition) is 3. The number of aryl methyl sites for hydroxylation is 1. The average Bonchev–Trinajstić information content (AvgIpc) is 2.61. The van der Waals surface area contributed by atoms with Crippen LogP contribution in [-0.4, -0.2) is 25.8 Å². The molecule has 2 rings (SSSR count). The molecule has 1 N–H and O–H groups in total. The Labute approximate surface area is 117 Å². The van der Waals surface area contributed by atoms with Gasteiger partial charge in [-0.1, -0.05) is 48.2 Å². The molecule has 2 nitrogen and oxygen atoms in total. The molecule has 0 amide bonds. The molecule has 0 radical (unpaired) electrons. The highest BCUT2D eigenvalue weighted by atomic mass is 32.2. The van der Waals surface area contributed by atoms with Crippen LogP contribution in [0.3, 0.4) is 0 Å². The monoisotopic (exact) mass is 277 g/mol. The van der Waals surface area contributed by atoms with E-state index < -0.39 is 5.72 Å². The van der Waals surface area contributed by atoms with Crippen molar-refractivity contribution in [1.29, 1.82) is 0 Å². The predicted octanol–water partition coefficient (Wildman–Crippen LogP) is 2.54. The summed E-state index contributed by atoms with van der Waals surface area (Å²) >= 11 is 6.80. The van der Waals surface area contributed by atoms with Crippen molar-refractivity contribution in [2.24, 2.45) is 0 Å². The highest BCUT2D eigenvalue weighted by Crippen LogP contribution is 2.35. The van der Waals surface area contributed by atoms with Gasteiger partial charge in [-0.05, 0) is 18.1 Å². The lowest BCUT2D eigenvalue weighted by Crippen LogP contribution is -2.46. The van der Waals surface area contributed by atoms with Crippen molar-refractivity contribution in [2.45, 2.75) is 25.6 Å². The van der Waals surface area contributed by atoms with E-state index in [9.17, 15) is 5.11 Å². The minimum atomic E-state index is -1.00. The Hall–Kier alpha value is -1.02. The fraction of sp³-hybridized carbons (Fsp3) is 0.357. The summed E-state index contributed by atoms with van der Waals surface area (Å²) in [6, 6.07) is 8.11. The van der Waals surface area contributed by atoms with Crippen molar-refractivity contribution < 1.29 is 5.11 Å². The summed E-state index contributed by atoms with van der Waals surface area (Å²) in [6.45, 7) is 2.67. The molecule has 0 bridgehead atoms. The van der Waals surface area contributed by atoms with Gasteiger partial charge < -0.3 is 10.0 Å². The van der Waals surface area contributed by atoms with E-state index in [0.29, 0.717) is 18.7 Å². The molecule has 1 saturated heterocycles. The first-order valence-electron chi connectivity index (χ1n) is 5.71. The van der Waals surface area contributed by atoms with Crippen LogP contribution >= 0.6 is 24.0 Å². The lowest BCUT2D eigenvalue weighted by atomic mass is 10.1. The van der Waals surface area contributed by atoms with Gasteiger partial charge in [-0.25, -0.2) is 0 Å². The second-order valence-electron chi connectivity index (χ2n) is 4.43. The number of terminal acetylenes is 1. The molecule has 0 saturated carbocycles. The third-order valence-electron chi connectivity index (χ3n) is 3.12. The molecule has 1 unspecified atom stereocenters. The van der Waals surface area contributed by atoms with Gasteiger partial charge in [0.2, 0.25) is 0 Å². The van der Waals surface area contributed by atoms with Crippen molar-refractivity contribution >= 4 is 28.3 Å². The summed E-state index contributed by atoms with van der Waals surface area (Å²) in [5.74, 6) is 3.08. The molecule has 1 aromatic rings. The number of aliphatic hydroxyl groups is 1. The molecule has 0 spiro atoms. The fourth-order valence-corrected chi connectivity index (χ4v) is 3.40. The normalized spacial score (nSPS) is 23.2. The molecule has 1 fully saturated rings. The number of benzene rings is 1. The van der Waals surface area contributed by atoms with Crippen LogP contribution in [0.4, 0.5) is 0 Å². The molecule has 1 aliphatic heterocycles. The molecular weight excluding hydrogens is 262 g/mol. The largest absolute Gasteiger partial charge is 0.369 e. The summed E-state index contributed by atoms with van der Waals surface area (Å²) in [6.07, 6.45) is 5.63. The first-order valence-corrected chi connectivity index (χ1v) is 7.11. The van der Waals surface area contributed by atoms with Gasteiger partial charge in [0.15, 0.2) is 5.72 Å². The van der Waals surface area contributed by atoms with Crippen molar-refractivity contribution in [1.82, 2.24) is 4.90 Å². The third kappa shape index (κ3) is 2.54. The lowest BCUT2D eigenvalue weighted by Gasteiger charge is -2.33. The average molecular weight is 277 g/mol. The van der Waals surface area contributed by atoms with Crippen LogP contribution in [-0.2, 0) is 6.54 Å². The molecule has 0 aliphatic carbocycles. The highest BCUT2D eigenvalue weighted by Gasteiger charge is 2.41. The van der Waals surface area contributed by atoms with Crippen LogP contribution in [0.2, 0.25) is 0 Å². The Morgan fingerprint density at radius 2 is 2.28 bits per heavy atom. The molecule has 0 aromatic heterocycles. The summed E-state index contributed by atoms with van der Waals surface area (Å²) in [4.78, 5) is 1.84. The number of nitrogens with zero attached hydrogens (tertiary/aromatic N) is 1. The number of thiocarbonyl (C=S) groups is 1. The number of hydrogen-bond donors (Lipinski definition) is 1. The van der Waals surface area contributed by atoms with Crippen molar-refractivity contribution in [3.8, 4) is 12.3 Å². The quantitative estimate of drug-likeness (QED) is 0.677. The van der Waals surface area contributed by atoms with Crippen molar-refractivity contribution in [3.63, 3.8) is 0 Å². The minimum Gasteiger partial charge on any atom is -0.369 e. The Bertz CT molecular complexity index is 509. The van der Waals surface area contributed by atoms with Gasteiger partial charge in [-0.2, -0.15) is 0 Å². The van der Waals surface area contributed by atoms with E-state index in [1.54, 1.807) is 0 Å². The van der Waals surface area contributed by atoms with E-state index in [-0.39, 0.29) is 0 Å². The van der Waals surface area contributed by atoms with E-state index in [1.165, 1.54) is 17.3 Å². The van der Waals surface area contributed by atoms with Crippen LogP contribution in [0.1, 0.15) is 17.5 Å². The van der Waals surface area contributed by atoms with E-state index >= 15 is 0 Å². The van der Waals surface area contributed by atoms with E-state index in [4.69, 9.17) is 18.6 Å². The topological polar surface area (TPSA) is 23.5 Å². The van der Waals surface area contributed by atoms with Gasteiger partial charge in [0.1, 0.15) is 4.32 Å². The summed E-state index contributed by atoms with van der Waals surface area (Å²) < 4.78 is 0.719.